The van der Waals surface area contributed by atoms with Gasteiger partial charge in [-0.1, -0.05) is 12.1 Å². The van der Waals surface area contributed by atoms with Gasteiger partial charge in [0.2, 0.25) is 0 Å². The highest BCUT2D eigenvalue weighted by atomic mass is 19.4. The molecule has 29 heavy (non-hydrogen) atoms. The van der Waals surface area contributed by atoms with Crippen molar-refractivity contribution in [1.82, 2.24) is 4.98 Å². The van der Waals surface area contributed by atoms with E-state index in [-0.39, 0.29) is 5.69 Å². The van der Waals surface area contributed by atoms with Crippen molar-refractivity contribution in [2.24, 2.45) is 0 Å². The second-order valence-corrected chi connectivity index (χ2v) is 6.31. The molecule has 1 aromatic heterocycles. The molecule has 0 aliphatic carbocycles. The maximum absolute atomic E-state index is 12.9. The lowest BCUT2D eigenvalue weighted by atomic mass is 10.1. The van der Waals surface area contributed by atoms with Gasteiger partial charge in [-0.3, -0.25) is 4.98 Å². The molecule has 0 fully saturated rings. The summed E-state index contributed by atoms with van der Waals surface area (Å²) < 4.78 is 43.8. The van der Waals surface area contributed by atoms with Gasteiger partial charge in [0.05, 0.1) is 41.5 Å². The van der Waals surface area contributed by atoms with Gasteiger partial charge in [0.25, 0.3) is 0 Å². The molecule has 0 aliphatic heterocycles. The summed E-state index contributed by atoms with van der Waals surface area (Å²) in [6, 6.07) is 11.6. The highest BCUT2D eigenvalue weighted by Crippen LogP contribution is 2.33. The number of nitrogens with zero attached hydrogens (tertiary/aromatic N) is 1. The number of alkyl halides is 3. The number of aromatic nitrogens is 1. The van der Waals surface area contributed by atoms with Crippen molar-refractivity contribution in [1.29, 1.82) is 0 Å². The Kier molecular flexibility index (Phi) is 5.45. The molecule has 0 unspecified atom stereocenters. The largest absolute Gasteiger partial charge is 0.497 e. The molecule has 3 aromatic rings. The van der Waals surface area contributed by atoms with Gasteiger partial charge in [-0.2, -0.15) is 13.2 Å². The quantitative estimate of drug-likeness (QED) is 0.587. The maximum atomic E-state index is 12.9. The zero-order chi connectivity index (χ0) is 21.2. The Hall–Kier alpha value is -3.55. The summed E-state index contributed by atoms with van der Waals surface area (Å²) in [6.07, 6.45) is -3.13. The van der Waals surface area contributed by atoms with Crippen LogP contribution in [0.3, 0.4) is 0 Å². The Morgan fingerprint density at radius 2 is 1.90 bits per heavy atom. The van der Waals surface area contributed by atoms with Crippen molar-refractivity contribution in [3.63, 3.8) is 0 Å². The van der Waals surface area contributed by atoms with Gasteiger partial charge >= 0.3 is 12.1 Å². The SMILES string of the molecule is COc1cccc(-c2ncc(Nc3ccc(C(F)(F)F)cc3C(=O)O)cc2C)c1. The number of halogens is 3. The highest BCUT2D eigenvalue weighted by Gasteiger charge is 2.31. The number of methoxy groups -OCH3 is 1. The van der Waals surface area contributed by atoms with Crippen LogP contribution in [0.4, 0.5) is 24.5 Å². The van der Waals surface area contributed by atoms with Crippen LogP contribution in [0.25, 0.3) is 11.3 Å². The van der Waals surface area contributed by atoms with Gasteiger partial charge in [0, 0.05) is 5.56 Å². The Morgan fingerprint density at radius 1 is 1.14 bits per heavy atom. The van der Waals surface area contributed by atoms with Crippen molar-refractivity contribution in [2.45, 2.75) is 13.1 Å². The fraction of sp³-hybridized carbons (Fsp3) is 0.143. The molecule has 0 amide bonds. The molecule has 2 aromatic carbocycles. The third kappa shape index (κ3) is 4.48. The van der Waals surface area contributed by atoms with E-state index in [4.69, 9.17) is 4.74 Å². The molecule has 1 heterocycles. The zero-order valence-electron chi connectivity index (χ0n) is 15.5. The van der Waals surface area contributed by atoms with E-state index in [9.17, 15) is 23.1 Å². The van der Waals surface area contributed by atoms with Crippen molar-refractivity contribution in [2.75, 3.05) is 12.4 Å². The second-order valence-electron chi connectivity index (χ2n) is 6.31. The minimum absolute atomic E-state index is 0.0424. The summed E-state index contributed by atoms with van der Waals surface area (Å²) in [5.74, 6) is -0.780. The fourth-order valence-electron chi connectivity index (χ4n) is 2.88. The van der Waals surface area contributed by atoms with Crippen LogP contribution in [0.1, 0.15) is 21.5 Å². The molecule has 0 bridgehead atoms. The lowest BCUT2D eigenvalue weighted by molar-refractivity contribution is -0.137. The van der Waals surface area contributed by atoms with Crippen LogP contribution in [0.15, 0.2) is 54.7 Å². The van der Waals surface area contributed by atoms with Crippen LogP contribution in [-0.4, -0.2) is 23.2 Å². The first-order valence-corrected chi connectivity index (χ1v) is 8.51. The average Bonchev–Trinajstić information content (AvgIpc) is 2.67. The number of carboxylic acid groups (broad SMARTS) is 1. The number of hydrogen-bond acceptors (Lipinski definition) is 4. The topological polar surface area (TPSA) is 71.5 Å². The molecule has 2 N–H and O–H groups in total. The maximum Gasteiger partial charge on any atom is 0.416 e. The first-order valence-electron chi connectivity index (χ1n) is 8.51. The lowest BCUT2D eigenvalue weighted by Gasteiger charge is -2.14. The summed E-state index contributed by atoms with van der Waals surface area (Å²) in [5.41, 5.74) is 1.34. The van der Waals surface area contributed by atoms with Crippen LogP contribution >= 0.6 is 0 Å². The number of ether oxygens (including phenoxy) is 1. The van der Waals surface area contributed by atoms with E-state index in [0.29, 0.717) is 23.2 Å². The van der Waals surface area contributed by atoms with Crippen LogP contribution in [-0.2, 0) is 6.18 Å². The Balaban J connectivity index is 1.93. The number of carbonyl (C=O) groups is 1. The van der Waals surface area contributed by atoms with E-state index in [1.165, 1.54) is 6.20 Å². The van der Waals surface area contributed by atoms with Crippen LogP contribution in [0, 0.1) is 6.92 Å². The van der Waals surface area contributed by atoms with Crippen molar-refractivity contribution in [3.05, 3.63) is 71.4 Å². The predicted molar refractivity (Wildman–Crippen MR) is 103 cm³/mol. The number of aryl methyl sites for hydroxylation is 1. The van der Waals surface area contributed by atoms with Gasteiger partial charge in [0.15, 0.2) is 0 Å². The number of hydrogen-bond donors (Lipinski definition) is 2. The molecular formula is C21H17F3N2O3. The number of anilines is 2. The van der Waals surface area contributed by atoms with E-state index in [0.717, 1.165) is 23.3 Å². The van der Waals surface area contributed by atoms with E-state index in [1.807, 2.05) is 31.2 Å². The highest BCUT2D eigenvalue weighted by molar-refractivity contribution is 5.95. The smallest absolute Gasteiger partial charge is 0.416 e. The molecule has 0 radical (unpaired) electrons. The van der Waals surface area contributed by atoms with Gasteiger partial charge in [-0.25, -0.2) is 4.79 Å². The Labute approximate surface area is 164 Å². The van der Waals surface area contributed by atoms with E-state index in [1.54, 1.807) is 13.2 Å². The Morgan fingerprint density at radius 3 is 2.52 bits per heavy atom. The normalized spacial score (nSPS) is 11.2. The summed E-state index contributed by atoms with van der Waals surface area (Å²) in [6.45, 7) is 1.83. The lowest BCUT2D eigenvalue weighted by Crippen LogP contribution is -2.09. The molecule has 0 saturated heterocycles. The predicted octanol–water partition coefficient (Wildman–Crippen LogP) is 5.53. The summed E-state index contributed by atoms with van der Waals surface area (Å²) in [4.78, 5) is 15.8. The molecule has 5 nitrogen and oxygen atoms in total. The van der Waals surface area contributed by atoms with Crippen molar-refractivity contribution in [3.8, 4) is 17.0 Å². The molecule has 8 heteroatoms. The van der Waals surface area contributed by atoms with E-state index >= 15 is 0 Å². The minimum atomic E-state index is -4.63. The number of benzene rings is 2. The third-order valence-electron chi connectivity index (χ3n) is 4.28. The standard InChI is InChI=1S/C21H17F3N2O3/c1-12-8-15(11-25-19(12)13-4-3-5-16(9-13)29-2)26-18-7-6-14(21(22,23)24)10-17(18)20(27)28/h3-11,26H,1-2H3,(H,27,28). The number of aromatic carboxylic acids is 1. The molecule has 0 aliphatic rings. The Bertz CT molecular complexity index is 1070. The summed E-state index contributed by atoms with van der Waals surface area (Å²) in [5, 5.41) is 12.1. The molecule has 0 atom stereocenters. The van der Waals surface area contributed by atoms with Crippen LogP contribution in [0.5, 0.6) is 5.75 Å². The minimum Gasteiger partial charge on any atom is -0.497 e. The first-order chi connectivity index (χ1) is 13.7. The molecular weight excluding hydrogens is 385 g/mol. The van der Waals surface area contributed by atoms with Crippen molar-refractivity contribution < 1.29 is 27.8 Å². The molecule has 0 saturated carbocycles. The molecule has 0 spiro atoms. The number of nitrogens with one attached hydrogen (secondary N) is 1. The second kappa shape index (κ2) is 7.83. The van der Waals surface area contributed by atoms with Crippen LogP contribution < -0.4 is 10.1 Å². The fourth-order valence-corrected chi connectivity index (χ4v) is 2.88. The summed E-state index contributed by atoms with van der Waals surface area (Å²) >= 11 is 0. The number of rotatable bonds is 5. The molecule has 3 rings (SSSR count). The van der Waals surface area contributed by atoms with Gasteiger partial charge < -0.3 is 15.2 Å². The van der Waals surface area contributed by atoms with Crippen molar-refractivity contribution >= 4 is 17.3 Å². The first kappa shape index (κ1) is 20.2. The van der Waals surface area contributed by atoms with E-state index in [2.05, 4.69) is 10.3 Å². The van der Waals surface area contributed by atoms with Gasteiger partial charge in [-0.05, 0) is 48.9 Å². The molecule has 150 valence electrons. The van der Waals surface area contributed by atoms with Gasteiger partial charge in [-0.15, -0.1) is 0 Å². The third-order valence-corrected chi connectivity index (χ3v) is 4.28. The van der Waals surface area contributed by atoms with E-state index < -0.39 is 23.3 Å². The number of carboxylic acids is 1. The van der Waals surface area contributed by atoms with Crippen LogP contribution in [0.2, 0.25) is 0 Å². The number of pyridine rings is 1. The summed E-state index contributed by atoms with van der Waals surface area (Å²) in [7, 11) is 1.57. The zero-order valence-corrected chi connectivity index (χ0v) is 15.5. The van der Waals surface area contributed by atoms with Gasteiger partial charge in [0.1, 0.15) is 5.75 Å². The average molecular weight is 402 g/mol. The monoisotopic (exact) mass is 402 g/mol.